The summed E-state index contributed by atoms with van der Waals surface area (Å²) in [7, 11) is 1.55. The van der Waals surface area contributed by atoms with Crippen molar-refractivity contribution in [3.8, 4) is 0 Å². The number of carbonyl (C=O) groups excluding carboxylic acids is 2. The molecular weight excluding hydrogens is 511 g/mol. The Kier molecular flexibility index (Phi) is 5.81. The summed E-state index contributed by atoms with van der Waals surface area (Å²) in [6, 6.07) is 17.7. The highest BCUT2D eigenvalue weighted by Gasteiger charge is 2.64. The number of hydrogen-bond acceptors (Lipinski definition) is 5. The van der Waals surface area contributed by atoms with Crippen LogP contribution in [0.4, 0.5) is 10.1 Å². The number of amides is 2. The summed E-state index contributed by atoms with van der Waals surface area (Å²) in [5.41, 5.74) is -0.893. The zero-order chi connectivity index (χ0) is 26.6. The minimum atomic E-state index is -1.78. The van der Waals surface area contributed by atoms with Crippen molar-refractivity contribution >= 4 is 40.1 Å². The van der Waals surface area contributed by atoms with Gasteiger partial charge in [0.25, 0.3) is 11.8 Å². The Morgan fingerprint density at radius 2 is 1.79 bits per heavy atom. The summed E-state index contributed by atoms with van der Waals surface area (Å²) in [5, 5.41) is 0.486. The molecule has 6 rings (SSSR count). The summed E-state index contributed by atoms with van der Waals surface area (Å²) < 4.78 is 25.9. The highest BCUT2D eigenvalue weighted by Crippen LogP contribution is 2.53. The average Bonchev–Trinajstić information content (AvgIpc) is 3.31. The quantitative estimate of drug-likeness (QED) is 0.331. The van der Waals surface area contributed by atoms with Gasteiger partial charge in [-0.25, -0.2) is 4.39 Å². The minimum absolute atomic E-state index is 0.0526. The Hall–Kier alpha value is -4.01. The molecule has 38 heavy (non-hydrogen) atoms. The molecule has 7 nitrogen and oxygen atoms in total. The first-order valence-electron chi connectivity index (χ1n) is 12.1. The lowest BCUT2D eigenvalue weighted by Crippen LogP contribution is -2.53. The molecule has 2 amide bonds. The molecule has 3 heterocycles. The molecule has 1 unspecified atom stereocenters. The van der Waals surface area contributed by atoms with E-state index < -0.39 is 28.6 Å². The van der Waals surface area contributed by atoms with E-state index in [9.17, 15) is 18.8 Å². The Bertz CT molecular complexity index is 1690. The maximum atomic E-state index is 14.7. The van der Waals surface area contributed by atoms with Crippen LogP contribution >= 0.6 is 11.6 Å². The van der Waals surface area contributed by atoms with E-state index in [0.29, 0.717) is 34.9 Å². The van der Waals surface area contributed by atoms with Gasteiger partial charge in [-0.3, -0.25) is 14.4 Å². The van der Waals surface area contributed by atoms with Crippen LogP contribution in [0.15, 0.2) is 75.9 Å². The zero-order valence-corrected chi connectivity index (χ0v) is 21.1. The highest BCUT2D eigenvalue weighted by atomic mass is 35.5. The second-order valence-electron chi connectivity index (χ2n) is 9.29. The van der Waals surface area contributed by atoms with E-state index in [4.69, 9.17) is 20.8 Å². The summed E-state index contributed by atoms with van der Waals surface area (Å²) >= 11 is 6.19. The van der Waals surface area contributed by atoms with Gasteiger partial charge in [-0.15, -0.1) is 0 Å². The molecule has 2 aliphatic rings. The molecule has 9 heteroatoms. The van der Waals surface area contributed by atoms with Crippen molar-refractivity contribution in [1.82, 2.24) is 4.90 Å². The summed E-state index contributed by atoms with van der Waals surface area (Å²) in [6.45, 7) is 0.384. The molecule has 0 N–H and O–H groups in total. The van der Waals surface area contributed by atoms with Gasteiger partial charge in [-0.1, -0.05) is 48.0 Å². The van der Waals surface area contributed by atoms with Crippen LogP contribution in [0.3, 0.4) is 0 Å². The molecule has 192 valence electrons. The fraction of sp³-hybridized carbons (Fsp3) is 0.207. The van der Waals surface area contributed by atoms with E-state index in [1.54, 1.807) is 55.6 Å². The molecule has 0 radical (unpaired) electrons. The maximum absolute atomic E-state index is 14.7. The largest absolute Gasteiger partial charge is 0.450 e. The monoisotopic (exact) mass is 532 g/mol. The SMILES string of the molecule is COCCCN1C(=O)c2oc3ccc(Cl)cc3c(=O)c2C12C(=O)N(Cc1ccccc1F)c1ccccc12. The van der Waals surface area contributed by atoms with Crippen LogP contribution in [0.25, 0.3) is 11.0 Å². The first-order valence-corrected chi connectivity index (χ1v) is 12.5. The smallest absolute Gasteiger partial charge is 0.291 e. The molecule has 0 aliphatic carbocycles. The van der Waals surface area contributed by atoms with E-state index in [2.05, 4.69) is 0 Å². The van der Waals surface area contributed by atoms with E-state index in [1.165, 1.54) is 28.0 Å². The summed E-state index contributed by atoms with van der Waals surface area (Å²) in [4.78, 5) is 45.4. The van der Waals surface area contributed by atoms with E-state index >= 15 is 0 Å². The Labute approximate surface area is 222 Å². The van der Waals surface area contributed by atoms with Crippen LogP contribution in [0.5, 0.6) is 0 Å². The molecule has 2 aliphatic heterocycles. The molecule has 1 atom stereocenters. The van der Waals surface area contributed by atoms with Crippen molar-refractivity contribution < 1.29 is 23.1 Å². The van der Waals surface area contributed by atoms with E-state index in [0.717, 1.165) is 0 Å². The molecule has 0 saturated carbocycles. The third-order valence-electron chi connectivity index (χ3n) is 7.21. The van der Waals surface area contributed by atoms with Crippen LogP contribution in [-0.2, 0) is 21.6 Å². The summed E-state index contributed by atoms with van der Waals surface area (Å²) in [6.07, 6.45) is 0.417. The van der Waals surface area contributed by atoms with Gasteiger partial charge < -0.3 is 19.0 Å². The number of halogens is 2. The lowest BCUT2D eigenvalue weighted by atomic mass is 9.84. The molecule has 4 aromatic rings. The van der Waals surface area contributed by atoms with Crippen molar-refractivity contribution in [2.45, 2.75) is 18.5 Å². The molecule has 0 saturated heterocycles. The Balaban J connectivity index is 1.63. The van der Waals surface area contributed by atoms with Gasteiger partial charge in [-0.2, -0.15) is 0 Å². The molecule has 0 bridgehead atoms. The number of benzene rings is 3. The van der Waals surface area contributed by atoms with Gasteiger partial charge in [0.15, 0.2) is 11.0 Å². The molecular formula is C29H22ClFN2O5. The van der Waals surface area contributed by atoms with E-state index in [-0.39, 0.29) is 35.4 Å². The number of anilines is 1. The zero-order valence-electron chi connectivity index (χ0n) is 20.4. The predicted octanol–water partition coefficient (Wildman–Crippen LogP) is 4.87. The van der Waals surface area contributed by atoms with Crippen molar-refractivity contribution in [2.75, 3.05) is 25.2 Å². The van der Waals surface area contributed by atoms with Gasteiger partial charge in [0.2, 0.25) is 5.76 Å². The predicted molar refractivity (Wildman–Crippen MR) is 140 cm³/mol. The third-order valence-corrected chi connectivity index (χ3v) is 7.45. The Morgan fingerprint density at radius 1 is 1.03 bits per heavy atom. The van der Waals surface area contributed by atoms with Crippen LogP contribution in [-0.4, -0.2) is 37.0 Å². The fourth-order valence-corrected chi connectivity index (χ4v) is 5.76. The third kappa shape index (κ3) is 3.33. The number of hydrogen-bond donors (Lipinski definition) is 0. The number of rotatable bonds is 6. The maximum Gasteiger partial charge on any atom is 0.291 e. The number of carbonyl (C=O) groups is 2. The van der Waals surface area contributed by atoms with E-state index in [1.807, 2.05) is 0 Å². The number of ether oxygens (including phenoxy) is 1. The lowest BCUT2D eigenvalue weighted by Gasteiger charge is -2.34. The topological polar surface area (TPSA) is 80.1 Å². The number of para-hydroxylation sites is 1. The number of methoxy groups -OCH3 is 1. The van der Waals surface area contributed by atoms with Crippen LogP contribution < -0.4 is 10.3 Å². The summed E-state index contributed by atoms with van der Waals surface area (Å²) in [5.74, 6) is -1.74. The second-order valence-corrected chi connectivity index (χ2v) is 9.73. The van der Waals surface area contributed by atoms with Crippen molar-refractivity contribution in [3.63, 3.8) is 0 Å². The average molecular weight is 533 g/mol. The van der Waals surface area contributed by atoms with Gasteiger partial charge in [0.05, 0.1) is 23.2 Å². The van der Waals surface area contributed by atoms with Gasteiger partial charge >= 0.3 is 0 Å². The number of nitrogens with zero attached hydrogens (tertiary/aromatic N) is 2. The van der Waals surface area contributed by atoms with Crippen molar-refractivity contribution in [2.24, 2.45) is 0 Å². The minimum Gasteiger partial charge on any atom is -0.450 e. The first-order chi connectivity index (χ1) is 18.4. The Morgan fingerprint density at radius 3 is 2.58 bits per heavy atom. The molecule has 1 spiro atoms. The molecule has 0 fully saturated rings. The van der Waals surface area contributed by atoms with Gasteiger partial charge in [0, 0.05) is 36.4 Å². The van der Waals surface area contributed by atoms with Crippen molar-refractivity contribution in [1.29, 1.82) is 0 Å². The standard InChI is InChI=1S/C29H22ClFN2O5/c1-37-14-6-13-33-27(35)26-24(25(34)19-15-18(30)11-12-23(19)38-26)29(33)20-8-3-5-10-22(20)32(28(29)36)16-17-7-2-4-9-21(17)31/h2-5,7-12,15H,6,13-14,16H2,1H3. The van der Waals surface area contributed by atoms with Crippen molar-refractivity contribution in [3.05, 3.63) is 110 Å². The first kappa shape index (κ1) is 24.3. The van der Waals surface area contributed by atoms with Crippen LogP contribution in [0.1, 0.15) is 33.7 Å². The highest BCUT2D eigenvalue weighted by molar-refractivity contribution is 6.31. The molecule has 1 aromatic heterocycles. The fourth-order valence-electron chi connectivity index (χ4n) is 5.58. The number of fused-ring (bicyclic) bond motifs is 5. The lowest BCUT2D eigenvalue weighted by molar-refractivity contribution is -0.126. The normalized spacial score (nSPS) is 18.1. The van der Waals surface area contributed by atoms with Gasteiger partial charge in [-0.05, 0) is 36.8 Å². The molecule has 3 aromatic carbocycles. The van der Waals surface area contributed by atoms with Crippen LogP contribution in [0, 0.1) is 5.82 Å². The van der Waals surface area contributed by atoms with Crippen LogP contribution in [0.2, 0.25) is 5.02 Å². The second kappa shape index (κ2) is 9.08. The van der Waals surface area contributed by atoms with Gasteiger partial charge in [0.1, 0.15) is 11.4 Å².